The molecule has 6 rings (SSSR count). The Morgan fingerprint density at radius 1 is 0.833 bits per heavy atom. The third kappa shape index (κ3) is 6.41. The molecule has 0 radical (unpaired) electrons. The highest BCUT2D eigenvalue weighted by Crippen LogP contribution is 2.39. The van der Waals surface area contributed by atoms with Gasteiger partial charge >= 0.3 is 0 Å². The molecule has 0 amide bonds. The molecule has 1 saturated carbocycles. The summed E-state index contributed by atoms with van der Waals surface area (Å²) in [5, 5.41) is 5.99. The molecule has 2 aliphatic carbocycles. The molecule has 2 N–H and O–H groups in total. The number of sulfonamides is 1. The van der Waals surface area contributed by atoms with Crippen molar-refractivity contribution < 1.29 is 13.2 Å². The standard InChI is InChI=1S/C36H42N2O3S/c1-41-31-16-18-33-30(23-31)15-19-35(34(33)22-27-10-4-2-5-11-27)37-25-36(20-8-3-9-21-36)26-38-42(39,40)32-17-14-28-12-6-7-13-29(28)24-32/h2,4-7,10-14,16-18,23-24,34-35,37-38H,3,8-9,15,19-22,25-26H2,1H3. The summed E-state index contributed by atoms with van der Waals surface area (Å²) in [4.78, 5) is 0.336. The molecule has 220 valence electrons. The van der Waals surface area contributed by atoms with Crippen LogP contribution in [0.2, 0.25) is 0 Å². The van der Waals surface area contributed by atoms with Crippen LogP contribution in [0.25, 0.3) is 10.8 Å². The van der Waals surface area contributed by atoms with Gasteiger partial charge in [0.15, 0.2) is 0 Å². The number of hydrogen-bond acceptors (Lipinski definition) is 4. The summed E-state index contributed by atoms with van der Waals surface area (Å²) >= 11 is 0. The minimum atomic E-state index is -3.62. The van der Waals surface area contributed by atoms with Gasteiger partial charge in [0.25, 0.3) is 0 Å². The van der Waals surface area contributed by atoms with Gasteiger partial charge < -0.3 is 10.1 Å². The lowest BCUT2D eigenvalue weighted by molar-refractivity contribution is 0.172. The van der Waals surface area contributed by atoms with Gasteiger partial charge in [0.1, 0.15) is 5.75 Å². The van der Waals surface area contributed by atoms with Crippen molar-refractivity contribution in [2.24, 2.45) is 5.41 Å². The molecule has 2 atom stereocenters. The molecule has 1 fully saturated rings. The topological polar surface area (TPSA) is 67.4 Å². The first kappa shape index (κ1) is 28.9. The maximum Gasteiger partial charge on any atom is 0.240 e. The Labute approximate surface area is 250 Å². The van der Waals surface area contributed by atoms with E-state index in [4.69, 9.17) is 4.74 Å². The van der Waals surface area contributed by atoms with Crippen molar-refractivity contribution in [3.05, 3.63) is 108 Å². The van der Waals surface area contributed by atoms with Crippen molar-refractivity contribution in [1.82, 2.24) is 10.0 Å². The van der Waals surface area contributed by atoms with Crippen LogP contribution in [-0.2, 0) is 22.9 Å². The second kappa shape index (κ2) is 12.6. The van der Waals surface area contributed by atoms with Crippen molar-refractivity contribution in [2.75, 3.05) is 20.2 Å². The van der Waals surface area contributed by atoms with Gasteiger partial charge in [0.05, 0.1) is 12.0 Å². The second-order valence-corrected chi connectivity index (χ2v) is 14.0. The Morgan fingerprint density at radius 2 is 1.60 bits per heavy atom. The highest BCUT2D eigenvalue weighted by atomic mass is 32.2. The predicted octanol–water partition coefficient (Wildman–Crippen LogP) is 7.01. The van der Waals surface area contributed by atoms with E-state index in [0.717, 1.165) is 68.0 Å². The van der Waals surface area contributed by atoms with Crippen molar-refractivity contribution in [2.45, 2.75) is 68.2 Å². The first-order valence-corrected chi connectivity index (χ1v) is 16.9. The molecule has 4 aromatic carbocycles. The lowest BCUT2D eigenvalue weighted by Gasteiger charge is -2.41. The van der Waals surface area contributed by atoms with E-state index in [0.29, 0.717) is 23.4 Å². The molecular formula is C36H42N2O3S. The molecule has 2 aliphatic rings. The monoisotopic (exact) mass is 582 g/mol. The third-order valence-electron chi connectivity index (χ3n) is 9.58. The van der Waals surface area contributed by atoms with Crippen LogP contribution in [0.15, 0.2) is 95.9 Å². The van der Waals surface area contributed by atoms with Crippen LogP contribution in [0.5, 0.6) is 5.75 Å². The average Bonchev–Trinajstić information content (AvgIpc) is 3.04. The Balaban J connectivity index is 1.20. The fourth-order valence-electron chi connectivity index (χ4n) is 7.11. The predicted molar refractivity (Wildman–Crippen MR) is 171 cm³/mol. The summed E-state index contributed by atoms with van der Waals surface area (Å²) in [6.07, 6.45) is 8.59. The first-order chi connectivity index (χ1) is 20.4. The van der Waals surface area contributed by atoms with Gasteiger partial charge in [0.2, 0.25) is 10.0 Å². The summed E-state index contributed by atoms with van der Waals surface area (Å²) in [5.41, 5.74) is 4.02. The Morgan fingerprint density at radius 3 is 2.38 bits per heavy atom. The van der Waals surface area contributed by atoms with E-state index in [2.05, 4.69) is 58.6 Å². The third-order valence-corrected chi connectivity index (χ3v) is 11.0. The fourth-order valence-corrected chi connectivity index (χ4v) is 8.30. The molecule has 4 aromatic rings. The van der Waals surface area contributed by atoms with E-state index in [-0.39, 0.29) is 5.41 Å². The highest BCUT2D eigenvalue weighted by Gasteiger charge is 2.36. The molecule has 0 aliphatic heterocycles. The van der Waals surface area contributed by atoms with Gasteiger partial charge in [-0.15, -0.1) is 0 Å². The minimum Gasteiger partial charge on any atom is -0.497 e. The van der Waals surface area contributed by atoms with E-state index >= 15 is 0 Å². The van der Waals surface area contributed by atoms with Gasteiger partial charge in [-0.3, -0.25) is 0 Å². The zero-order valence-electron chi connectivity index (χ0n) is 24.5. The molecule has 0 saturated heterocycles. The average molecular weight is 583 g/mol. The Kier molecular flexibility index (Phi) is 8.66. The van der Waals surface area contributed by atoms with Crippen LogP contribution >= 0.6 is 0 Å². The van der Waals surface area contributed by atoms with E-state index in [9.17, 15) is 8.42 Å². The van der Waals surface area contributed by atoms with Gasteiger partial charge in [-0.2, -0.15) is 0 Å². The SMILES string of the molecule is COc1ccc2c(c1)CCC(NCC1(CNS(=O)(=O)c3ccc4ccccc4c3)CCCCC1)C2Cc1ccccc1. The van der Waals surface area contributed by atoms with Crippen LogP contribution in [0.1, 0.15) is 61.1 Å². The van der Waals surface area contributed by atoms with E-state index in [1.807, 2.05) is 30.3 Å². The van der Waals surface area contributed by atoms with Crippen molar-refractivity contribution >= 4 is 20.8 Å². The molecule has 0 heterocycles. The fraction of sp³-hybridized carbons (Fsp3) is 0.389. The zero-order valence-corrected chi connectivity index (χ0v) is 25.3. The smallest absolute Gasteiger partial charge is 0.240 e. The summed E-state index contributed by atoms with van der Waals surface area (Å²) in [7, 11) is -1.89. The summed E-state index contributed by atoms with van der Waals surface area (Å²) in [5.74, 6) is 1.26. The maximum absolute atomic E-state index is 13.5. The number of hydrogen-bond donors (Lipinski definition) is 2. The molecule has 0 bridgehead atoms. The quantitative estimate of drug-likeness (QED) is 0.211. The summed E-state index contributed by atoms with van der Waals surface area (Å²) < 4.78 is 35.5. The normalized spacial score (nSPS) is 20.2. The number of aryl methyl sites for hydroxylation is 1. The van der Waals surface area contributed by atoms with Crippen molar-refractivity contribution in [1.29, 1.82) is 0 Å². The highest BCUT2D eigenvalue weighted by molar-refractivity contribution is 7.89. The Bertz CT molecular complexity index is 1610. The Hall–Kier alpha value is -3.19. The van der Waals surface area contributed by atoms with Gasteiger partial charge in [-0.1, -0.05) is 86.0 Å². The summed E-state index contributed by atoms with van der Waals surface area (Å²) in [6.45, 7) is 1.27. The number of rotatable bonds is 10. The van der Waals surface area contributed by atoms with Crippen molar-refractivity contribution in [3.8, 4) is 5.75 Å². The van der Waals surface area contributed by atoms with Crippen LogP contribution in [-0.4, -0.2) is 34.7 Å². The number of ether oxygens (including phenoxy) is 1. The number of methoxy groups -OCH3 is 1. The molecular weight excluding hydrogens is 540 g/mol. The van der Waals surface area contributed by atoms with Gasteiger partial charge in [-0.05, 0) is 89.2 Å². The van der Waals surface area contributed by atoms with Crippen LogP contribution in [0.4, 0.5) is 0 Å². The molecule has 5 nitrogen and oxygen atoms in total. The van der Waals surface area contributed by atoms with Gasteiger partial charge in [0, 0.05) is 25.0 Å². The van der Waals surface area contributed by atoms with E-state index in [1.165, 1.54) is 23.1 Å². The van der Waals surface area contributed by atoms with Gasteiger partial charge in [-0.25, -0.2) is 13.1 Å². The summed E-state index contributed by atoms with van der Waals surface area (Å²) in [6, 6.07) is 30.9. The van der Waals surface area contributed by atoms with Crippen LogP contribution in [0, 0.1) is 5.41 Å². The second-order valence-electron chi connectivity index (χ2n) is 12.3. The van der Waals surface area contributed by atoms with E-state index < -0.39 is 10.0 Å². The molecule has 2 unspecified atom stereocenters. The van der Waals surface area contributed by atoms with Crippen LogP contribution < -0.4 is 14.8 Å². The number of nitrogens with one attached hydrogen (secondary N) is 2. The molecule has 0 aromatic heterocycles. The molecule has 42 heavy (non-hydrogen) atoms. The minimum absolute atomic E-state index is 0.0976. The largest absolute Gasteiger partial charge is 0.497 e. The zero-order chi connectivity index (χ0) is 29.0. The molecule has 0 spiro atoms. The first-order valence-electron chi connectivity index (χ1n) is 15.4. The molecule has 6 heteroatoms. The lowest BCUT2D eigenvalue weighted by Crippen LogP contribution is -2.49. The lowest BCUT2D eigenvalue weighted by atomic mass is 9.72. The van der Waals surface area contributed by atoms with Crippen molar-refractivity contribution in [3.63, 3.8) is 0 Å². The van der Waals surface area contributed by atoms with E-state index in [1.54, 1.807) is 19.2 Å². The maximum atomic E-state index is 13.5. The number of fused-ring (bicyclic) bond motifs is 2. The van der Waals surface area contributed by atoms with Crippen LogP contribution in [0.3, 0.4) is 0 Å². The number of benzene rings is 4.